The lowest BCUT2D eigenvalue weighted by atomic mass is 10.2. The van der Waals surface area contributed by atoms with Crippen molar-refractivity contribution in [3.8, 4) is 0 Å². The molecule has 3 N–H and O–H groups in total. The standard InChI is InChI=1S/C14H16F3N3O3/c15-14(16,17)8-20-11-4-2-1-3-9(11)18-7-10(13(20)23)19-12(22)5-6-21/h1-4,10,18,21H,5-8H2,(H,19,22). The fourth-order valence-electron chi connectivity index (χ4n) is 2.29. The number of anilines is 2. The number of para-hydroxylation sites is 2. The molecule has 23 heavy (non-hydrogen) atoms. The highest BCUT2D eigenvalue weighted by atomic mass is 19.4. The van der Waals surface area contributed by atoms with Gasteiger partial charge in [-0.15, -0.1) is 0 Å². The number of nitrogens with zero attached hydrogens (tertiary/aromatic N) is 1. The lowest BCUT2D eigenvalue weighted by molar-refractivity contribution is -0.134. The Hall–Kier alpha value is -2.29. The number of carbonyl (C=O) groups excluding carboxylic acids is 2. The Kier molecular flexibility index (Phi) is 5.09. The van der Waals surface area contributed by atoms with Crippen LogP contribution in [-0.2, 0) is 9.59 Å². The number of hydrogen-bond donors (Lipinski definition) is 3. The van der Waals surface area contributed by atoms with E-state index in [1.165, 1.54) is 12.1 Å². The summed E-state index contributed by atoms with van der Waals surface area (Å²) >= 11 is 0. The van der Waals surface area contributed by atoms with Crippen LogP contribution in [0, 0.1) is 0 Å². The monoisotopic (exact) mass is 331 g/mol. The molecule has 1 unspecified atom stereocenters. The Labute approximate surface area is 130 Å². The van der Waals surface area contributed by atoms with Gasteiger partial charge in [0.25, 0.3) is 5.91 Å². The maximum Gasteiger partial charge on any atom is 0.406 e. The van der Waals surface area contributed by atoms with Crippen LogP contribution >= 0.6 is 0 Å². The van der Waals surface area contributed by atoms with E-state index in [0.717, 1.165) is 0 Å². The molecule has 0 aromatic heterocycles. The zero-order valence-corrected chi connectivity index (χ0v) is 12.1. The first kappa shape index (κ1) is 17.1. The Morgan fingerprint density at radius 3 is 2.74 bits per heavy atom. The van der Waals surface area contributed by atoms with Crippen molar-refractivity contribution in [3.05, 3.63) is 24.3 Å². The predicted octanol–water partition coefficient (Wildman–Crippen LogP) is 0.875. The number of fused-ring (bicyclic) bond motifs is 1. The van der Waals surface area contributed by atoms with E-state index >= 15 is 0 Å². The van der Waals surface area contributed by atoms with Crippen molar-refractivity contribution in [2.75, 3.05) is 29.9 Å². The van der Waals surface area contributed by atoms with Crippen molar-refractivity contribution in [2.45, 2.75) is 18.6 Å². The van der Waals surface area contributed by atoms with Crippen LogP contribution in [0.2, 0.25) is 0 Å². The second kappa shape index (κ2) is 6.86. The topological polar surface area (TPSA) is 81.7 Å². The van der Waals surface area contributed by atoms with Gasteiger partial charge in [0.1, 0.15) is 12.6 Å². The average molecular weight is 331 g/mol. The van der Waals surface area contributed by atoms with E-state index < -0.39 is 37.2 Å². The molecular formula is C14H16F3N3O3. The van der Waals surface area contributed by atoms with Crippen LogP contribution in [0.1, 0.15) is 6.42 Å². The molecule has 0 radical (unpaired) electrons. The quantitative estimate of drug-likeness (QED) is 0.765. The van der Waals surface area contributed by atoms with Gasteiger partial charge < -0.3 is 15.7 Å². The summed E-state index contributed by atoms with van der Waals surface area (Å²) in [6.07, 6.45) is -4.80. The molecular weight excluding hydrogens is 315 g/mol. The van der Waals surface area contributed by atoms with E-state index in [9.17, 15) is 22.8 Å². The maximum atomic E-state index is 12.8. The molecule has 0 fully saturated rings. The summed E-state index contributed by atoms with van der Waals surface area (Å²) in [7, 11) is 0. The number of nitrogens with one attached hydrogen (secondary N) is 2. The van der Waals surface area contributed by atoms with Gasteiger partial charge in [0.2, 0.25) is 5.91 Å². The normalized spacial score (nSPS) is 18.0. The molecule has 0 saturated carbocycles. The van der Waals surface area contributed by atoms with Crippen molar-refractivity contribution >= 4 is 23.2 Å². The molecule has 0 saturated heterocycles. The first-order valence-corrected chi connectivity index (χ1v) is 6.93. The Morgan fingerprint density at radius 1 is 1.39 bits per heavy atom. The zero-order valence-electron chi connectivity index (χ0n) is 12.1. The Morgan fingerprint density at radius 2 is 2.09 bits per heavy atom. The molecule has 9 heteroatoms. The smallest absolute Gasteiger partial charge is 0.396 e. The number of rotatable bonds is 4. The SMILES string of the molecule is O=C(CCO)NC1CNc2ccccc2N(CC(F)(F)F)C1=O. The third kappa shape index (κ3) is 4.35. The van der Waals surface area contributed by atoms with Gasteiger partial charge in [0.15, 0.2) is 0 Å². The summed E-state index contributed by atoms with van der Waals surface area (Å²) in [6, 6.07) is 4.98. The van der Waals surface area contributed by atoms with E-state index in [1.807, 2.05) is 0 Å². The second-order valence-electron chi connectivity index (χ2n) is 5.03. The number of hydrogen-bond acceptors (Lipinski definition) is 4. The van der Waals surface area contributed by atoms with Crippen LogP contribution in [0.25, 0.3) is 0 Å². The first-order chi connectivity index (χ1) is 10.8. The minimum Gasteiger partial charge on any atom is -0.396 e. The highest BCUT2D eigenvalue weighted by Crippen LogP contribution is 2.31. The third-order valence-electron chi connectivity index (χ3n) is 3.27. The fourth-order valence-corrected chi connectivity index (χ4v) is 2.29. The summed E-state index contributed by atoms with van der Waals surface area (Å²) in [5.41, 5.74) is 0.484. The van der Waals surface area contributed by atoms with Crippen LogP contribution in [0.4, 0.5) is 24.5 Å². The minimum absolute atomic E-state index is 0.0403. The Balaban J connectivity index is 2.29. The maximum absolute atomic E-state index is 12.8. The van der Waals surface area contributed by atoms with Gasteiger partial charge in [-0.3, -0.25) is 14.5 Å². The molecule has 0 aliphatic carbocycles. The van der Waals surface area contributed by atoms with Crippen molar-refractivity contribution < 1.29 is 27.9 Å². The van der Waals surface area contributed by atoms with Gasteiger partial charge in [-0.2, -0.15) is 13.2 Å². The number of benzene rings is 1. The van der Waals surface area contributed by atoms with Crippen molar-refractivity contribution in [3.63, 3.8) is 0 Å². The van der Waals surface area contributed by atoms with E-state index in [4.69, 9.17) is 5.11 Å². The number of alkyl halides is 3. The highest BCUT2D eigenvalue weighted by Gasteiger charge is 2.38. The zero-order chi connectivity index (χ0) is 17.0. The summed E-state index contributed by atoms with van der Waals surface area (Å²) in [6.45, 7) is -1.90. The van der Waals surface area contributed by atoms with Gasteiger partial charge in [-0.1, -0.05) is 12.1 Å². The Bertz CT molecular complexity index is 592. The molecule has 0 spiro atoms. The summed E-state index contributed by atoms with van der Waals surface area (Å²) < 4.78 is 38.4. The average Bonchev–Trinajstić information content (AvgIpc) is 2.59. The molecule has 6 nitrogen and oxygen atoms in total. The molecule has 1 atom stereocenters. The molecule has 1 aliphatic heterocycles. The first-order valence-electron chi connectivity index (χ1n) is 6.93. The molecule has 1 aromatic carbocycles. The number of carbonyl (C=O) groups is 2. The van der Waals surface area contributed by atoms with Crippen LogP contribution < -0.4 is 15.5 Å². The van der Waals surface area contributed by atoms with Crippen molar-refractivity contribution in [1.82, 2.24) is 5.32 Å². The molecule has 2 rings (SSSR count). The number of aliphatic hydroxyl groups is 1. The number of amides is 2. The van der Waals surface area contributed by atoms with Crippen LogP contribution in [0.5, 0.6) is 0 Å². The van der Waals surface area contributed by atoms with Gasteiger partial charge in [-0.05, 0) is 12.1 Å². The summed E-state index contributed by atoms with van der Waals surface area (Å²) in [5, 5.41) is 13.9. The molecule has 1 heterocycles. The van der Waals surface area contributed by atoms with Gasteiger partial charge >= 0.3 is 6.18 Å². The van der Waals surface area contributed by atoms with Crippen molar-refractivity contribution in [1.29, 1.82) is 0 Å². The number of halogens is 3. The largest absolute Gasteiger partial charge is 0.406 e. The lowest BCUT2D eigenvalue weighted by Gasteiger charge is -2.26. The van der Waals surface area contributed by atoms with Gasteiger partial charge in [-0.25, -0.2) is 0 Å². The third-order valence-corrected chi connectivity index (χ3v) is 3.27. The van der Waals surface area contributed by atoms with Gasteiger partial charge in [0, 0.05) is 13.0 Å². The fraction of sp³-hybridized carbons (Fsp3) is 0.429. The van der Waals surface area contributed by atoms with E-state index in [1.54, 1.807) is 12.1 Å². The van der Waals surface area contributed by atoms with E-state index in [-0.39, 0.29) is 18.7 Å². The predicted molar refractivity (Wildman–Crippen MR) is 77.0 cm³/mol. The number of aliphatic hydroxyl groups excluding tert-OH is 1. The molecule has 1 aliphatic rings. The van der Waals surface area contributed by atoms with E-state index in [2.05, 4.69) is 10.6 Å². The van der Waals surface area contributed by atoms with Crippen LogP contribution in [0.15, 0.2) is 24.3 Å². The van der Waals surface area contributed by atoms with Crippen LogP contribution in [-0.4, -0.2) is 48.8 Å². The molecule has 1 aromatic rings. The molecule has 0 bridgehead atoms. The van der Waals surface area contributed by atoms with Crippen LogP contribution in [0.3, 0.4) is 0 Å². The van der Waals surface area contributed by atoms with Crippen molar-refractivity contribution in [2.24, 2.45) is 0 Å². The molecule has 126 valence electrons. The van der Waals surface area contributed by atoms with Gasteiger partial charge in [0.05, 0.1) is 18.0 Å². The van der Waals surface area contributed by atoms with E-state index in [0.29, 0.717) is 10.6 Å². The summed E-state index contributed by atoms with van der Waals surface area (Å²) in [4.78, 5) is 24.6. The second-order valence-corrected chi connectivity index (χ2v) is 5.03. The summed E-state index contributed by atoms with van der Waals surface area (Å²) in [5.74, 6) is -1.46. The lowest BCUT2D eigenvalue weighted by Crippen LogP contribution is -2.52. The minimum atomic E-state index is -4.58. The molecule has 2 amide bonds. The highest BCUT2D eigenvalue weighted by molar-refractivity contribution is 6.03.